The van der Waals surface area contributed by atoms with Crippen molar-refractivity contribution >= 4 is 0 Å². The van der Waals surface area contributed by atoms with Gasteiger partial charge in [0.1, 0.15) is 0 Å². The van der Waals surface area contributed by atoms with Gasteiger partial charge in [-0.15, -0.1) is 0 Å². The third kappa shape index (κ3) is 15.2. The van der Waals surface area contributed by atoms with Gasteiger partial charge in [0.15, 0.2) is 0 Å². The van der Waals surface area contributed by atoms with Crippen molar-refractivity contribution in [2.24, 2.45) is 0 Å². The molecule has 0 heterocycles. The molecule has 0 saturated heterocycles. The fourth-order valence-corrected chi connectivity index (χ4v) is 2.00. The van der Waals surface area contributed by atoms with E-state index in [1.165, 1.54) is 64.2 Å². The second kappa shape index (κ2) is 15.2. The molecule has 98 valence electrons. The van der Waals surface area contributed by atoms with E-state index in [-0.39, 0.29) is 0 Å². The van der Waals surface area contributed by atoms with Gasteiger partial charge < -0.3 is 0 Å². The summed E-state index contributed by atoms with van der Waals surface area (Å²) in [6.45, 7) is 2.27. The Morgan fingerprint density at radius 1 is 0.765 bits per heavy atom. The molecule has 1 nitrogen and oxygen atoms in total. The summed E-state index contributed by atoms with van der Waals surface area (Å²) in [5, 5.41) is 8.34. The molecule has 0 aliphatic carbocycles. The Kier molecular flexibility index (Phi) is 14.5. The molecule has 0 aliphatic heterocycles. The maximum absolute atomic E-state index is 8.34. The molecule has 0 saturated carbocycles. The number of nitriles is 1. The van der Waals surface area contributed by atoms with E-state index < -0.39 is 0 Å². The van der Waals surface area contributed by atoms with Gasteiger partial charge in [-0.1, -0.05) is 76.9 Å². The number of nitrogens with zero attached hydrogens (tertiary/aromatic N) is 1. The van der Waals surface area contributed by atoms with Crippen LogP contribution in [0.2, 0.25) is 0 Å². The highest BCUT2D eigenvalue weighted by molar-refractivity contribution is 4.90. The second-order valence-corrected chi connectivity index (χ2v) is 4.80. The van der Waals surface area contributed by atoms with Crippen molar-refractivity contribution in [3.8, 4) is 6.07 Å². The van der Waals surface area contributed by atoms with Crippen LogP contribution < -0.4 is 0 Å². The fourth-order valence-electron chi connectivity index (χ4n) is 2.00. The van der Waals surface area contributed by atoms with Crippen molar-refractivity contribution in [3.63, 3.8) is 0 Å². The Hall–Kier alpha value is -0.770. The SMILES string of the molecule is CCCCCCCCCCCC/C=C\CC#N. The molecular weight excluding hydrogens is 206 g/mol. The highest BCUT2D eigenvalue weighted by atomic mass is 14.2. The molecule has 0 aliphatic rings. The first-order chi connectivity index (χ1) is 8.41. The Morgan fingerprint density at radius 2 is 1.29 bits per heavy atom. The molecule has 1 heteroatoms. The number of unbranched alkanes of at least 4 members (excludes halogenated alkanes) is 10. The van der Waals surface area contributed by atoms with Crippen LogP contribution in [-0.4, -0.2) is 0 Å². The Balaban J connectivity index is 2.96. The lowest BCUT2D eigenvalue weighted by Crippen LogP contribution is -1.81. The van der Waals surface area contributed by atoms with E-state index in [2.05, 4.69) is 19.1 Å². The van der Waals surface area contributed by atoms with E-state index in [1.54, 1.807) is 0 Å². The van der Waals surface area contributed by atoms with Crippen LogP contribution in [0.15, 0.2) is 12.2 Å². The van der Waals surface area contributed by atoms with Gasteiger partial charge >= 0.3 is 0 Å². The first-order valence-corrected chi connectivity index (χ1v) is 7.43. The smallest absolute Gasteiger partial charge is 0.0663 e. The van der Waals surface area contributed by atoms with Gasteiger partial charge in [-0.05, 0) is 12.8 Å². The molecule has 0 fully saturated rings. The Labute approximate surface area is 108 Å². The van der Waals surface area contributed by atoms with Crippen LogP contribution >= 0.6 is 0 Å². The number of hydrogen-bond acceptors (Lipinski definition) is 1. The maximum atomic E-state index is 8.34. The first kappa shape index (κ1) is 16.2. The summed E-state index contributed by atoms with van der Waals surface area (Å²) < 4.78 is 0. The molecule has 0 radical (unpaired) electrons. The van der Waals surface area contributed by atoms with Crippen molar-refractivity contribution in [2.45, 2.75) is 84.0 Å². The minimum Gasteiger partial charge on any atom is -0.198 e. The zero-order valence-corrected chi connectivity index (χ0v) is 11.6. The van der Waals surface area contributed by atoms with Crippen LogP contribution in [0.4, 0.5) is 0 Å². The minimum absolute atomic E-state index is 0.567. The molecule has 17 heavy (non-hydrogen) atoms. The van der Waals surface area contributed by atoms with Gasteiger partial charge in [0.05, 0.1) is 12.5 Å². The van der Waals surface area contributed by atoms with Crippen LogP contribution in [0.5, 0.6) is 0 Å². The van der Waals surface area contributed by atoms with E-state index in [4.69, 9.17) is 5.26 Å². The lowest BCUT2D eigenvalue weighted by atomic mass is 10.1. The molecule has 0 N–H and O–H groups in total. The summed E-state index contributed by atoms with van der Waals surface area (Å²) in [4.78, 5) is 0. The van der Waals surface area contributed by atoms with Gasteiger partial charge in [-0.2, -0.15) is 5.26 Å². The summed E-state index contributed by atoms with van der Waals surface area (Å²) >= 11 is 0. The first-order valence-electron chi connectivity index (χ1n) is 7.43. The minimum atomic E-state index is 0.567. The topological polar surface area (TPSA) is 23.8 Å². The Bertz CT molecular complexity index is 200. The predicted molar refractivity (Wildman–Crippen MR) is 75.8 cm³/mol. The van der Waals surface area contributed by atoms with E-state index in [0.717, 1.165) is 6.42 Å². The highest BCUT2D eigenvalue weighted by Crippen LogP contribution is 2.11. The van der Waals surface area contributed by atoms with E-state index in [1.807, 2.05) is 6.08 Å². The zero-order chi connectivity index (χ0) is 12.6. The standard InChI is InChI=1S/C16H29N/c1-2-3-4-5-6-7-8-9-10-11-12-13-14-15-16-17/h13-14H,2-12,15H2,1H3/b14-13-. The lowest BCUT2D eigenvalue weighted by molar-refractivity contribution is 0.557. The van der Waals surface area contributed by atoms with Crippen LogP contribution in [0, 0.1) is 11.3 Å². The molecule has 0 spiro atoms. The lowest BCUT2D eigenvalue weighted by Gasteiger charge is -2.01. The third-order valence-corrected chi connectivity index (χ3v) is 3.10. The summed E-state index contributed by atoms with van der Waals surface area (Å²) in [6, 6.07) is 2.12. The normalized spacial score (nSPS) is 10.8. The molecule has 0 unspecified atom stereocenters. The molecular formula is C16H29N. The molecule has 0 aromatic carbocycles. The van der Waals surface area contributed by atoms with Crippen molar-refractivity contribution in [1.29, 1.82) is 5.26 Å². The van der Waals surface area contributed by atoms with Gasteiger partial charge in [0, 0.05) is 0 Å². The quantitative estimate of drug-likeness (QED) is 0.311. The van der Waals surface area contributed by atoms with Crippen molar-refractivity contribution < 1.29 is 0 Å². The van der Waals surface area contributed by atoms with E-state index >= 15 is 0 Å². The largest absolute Gasteiger partial charge is 0.198 e. The van der Waals surface area contributed by atoms with Crippen molar-refractivity contribution in [1.82, 2.24) is 0 Å². The van der Waals surface area contributed by atoms with Gasteiger partial charge in [0.25, 0.3) is 0 Å². The van der Waals surface area contributed by atoms with Gasteiger partial charge in [-0.25, -0.2) is 0 Å². The zero-order valence-electron chi connectivity index (χ0n) is 11.6. The van der Waals surface area contributed by atoms with E-state index in [9.17, 15) is 0 Å². The highest BCUT2D eigenvalue weighted by Gasteiger charge is 1.91. The van der Waals surface area contributed by atoms with E-state index in [0.29, 0.717) is 6.42 Å². The van der Waals surface area contributed by atoms with Crippen LogP contribution in [0.3, 0.4) is 0 Å². The molecule has 0 bridgehead atoms. The Morgan fingerprint density at radius 3 is 1.82 bits per heavy atom. The van der Waals surface area contributed by atoms with Crippen molar-refractivity contribution in [3.05, 3.63) is 12.2 Å². The summed E-state index contributed by atoms with van der Waals surface area (Å²) in [6.07, 6.45) is 19.8. The van der Waals surface area contributed by atoms with Crippen molar-refractivity contribution in [2.75, 3.05) is 0 Å². The molecule has 0 atom stereocenters. The number of hydrogen-bond donors (Lipinski definition) is 0. The molecule has 0 aromatic heterocycles. The monoisotopic (exact) mass is 235 g/mol. The van der Waals surface area contributed by atoms with Gasteiger partial charge in [0.2, 0.25) is 0 Å². The van der Waals surface area contributed by atoms with Crippen LogP contribution in [-0.2, 0) is 0 Å². The number of rotatable bonds is 12. The summed E-state index contributed by atoms with van der Waals surface area (Å²) in [5.41, 5.74) is 0. The summed E-state index contributed by atoms with van der Waals surface area (Å²) in [5.74, 6) is 0. The molecule has 0 rings (SSSR count). The summed E-state index contributed by atoms with van der Waals surface area (Å²) in [7, 11) is 0. The number of allylic oxidation sites excluding steroid dienone is 2. The average Bonchev–Trinajstić information content (AvgIpc) is 2.35. The predicted octanol–water partition coefficient (Wildman–Crippen LogP) is 5.77. The molecule has 0 amide bonds. The third-order valence-electron chi connectivity index (χ3n) is 3.10. The molecule has 0 aromatic rings. The van der Waals surface area contributed by atoms with Crippen LogP contribution in [0.1, 0.15) is 84.0 Å². The maximum Gasteiger partial charge on any atom is 0.0663 e. The van der Waals surface area contributed by atoms with Gasteiger partial charge in [-0.3, -0.25) is 0 Å². The average molecular weight is 235 g/mol. The van der Waals surface area contributed by atoms with Crippen LogP contribution in [0.25, 0.3) is 0 Å². The second-order valence-electron chi connectivity index (χ2n) is 4.80. The fraction of sp³-hybridized carbons (Fsp3) is 0.812.